The zero-order chi connectivity index (χ0) is 7.56. The highest BCUT2D eigenvalue weighted by molar-refractivity contribution is 5.68. The fourth-order valence-corrected chi connectivity index (χ4v) is 0.461. The topological polar surface area (TPSA) is 78.4 Å². The van der Waals surface area contributed by atoms with Crippen molar-refractivity contribution in [3.63, 3.8) is 0 Å². The van der Waals surface area contributed by atoms with Crippen LogP contribution < -0.4 is 10.5 Å². The molecule has 0 aliphatic rings. The molecule has 0 aromatic carbocycles. The Labute approximate surface area is 56.7 Å². The number of hydrogen-bond donors (Lipinski definition) is 1. The predicted octanol–water partition coefficient (Wildman–Crippen LogP) is 0.182. The molecule has 1 rings (SSSR count). The number of carbonyl (C=O) groups is 1. The molecule has 0 spiro atoms. The number of carbonyl (C=O) groups excluding carboxylic acids is 1. The number of nitrogen functional groups attached to an aromatic ring is 1. The second kappa shape index (κ2) is 2.38. The van der Waals surface area contributed by atoms with Gasteiger partial charge >= 0.3 is 11.9 Å². The minimum Gasteiger partial charge on any atom is -0.391 e. The van der Waals surface area contributed by atoms with Gasteiger partial charge in [0.25, 0.3) is 0 Å². The molecule has 2 N–H and O–H groups in total. The molecule has 1 heterocycles. The SMILES string of the molecule is CC(=O)Oc1cc(N)no1. The van der Waals surface area contributed by atoms with Gasteiger partial charge in [0, 0.05) is 6.92 Å². The standard InChI is InChI=1S/C5H6N2O3/c1-3(8)9-5-2-4(6)7-10-5/h2H,1H3,(H2,6,7). The molecule has 54 valence electrons. The van der Waals surface area contributed by atoms with Crippen LogP contribution in [0, 0.1) is 0 Å². The van der Waals surface area contributed by atoms with Crippen molar-refractivity contribution in [2.75, 3.05) is 5.73 Å². The van der Waals surface area contributed by atoms with Crippen LogP contribution >= 0.6 is 0 Å². The van der Waals surface area contributed by atoms with Crippen LogP contribution in [0.25, 0.3) is 0 Å². The molecule has 0 saturated heterocycles. The molecule has 5 nitrogen and oxygen atoms in total. The zero-order valence-corrected chi connectivity index (χ0v) is 5.33. The molecule has 5 heteroatoms. The Kier molecular flexibility index (Phi) is 1.57. The average Bonchev–Trinajstić information content (AvgIpc) is 2.13. The van der Waals surface area contributed by atoms with Gasteiger partial charge in [-0.25, -0.2) is 0 Å². The Morgan fingerprint density at radius 3 is 3.00 bits per heavy atom. The van der Waals surface area contributed by atoms with E-state index in [0.717, 1.165) is 0 Å². The summed E-state index contributed by atoms with van der Waals surface area (Å²) in [5.74, 6) is -0.252. The molecule has 0 fully saturated rings. The number of anilines is 1. The van der Waals surface area contributed by atoms with Crippen LogP contribution in [-0.4, -0.2) is 11.1 Å². The highest BCUT2D eigenvalue weighted by atomic mass is 16.6. The number of aromatic nitrogens is 1. The highest BCUT2D eigenvalue weighted by Gasteiger charge is 2.02. The van der Waals surface area contributed by atoms with Crippen molar-refractivity contribution >= 4 is 11.8 Å². The van der Waals surface area contributed by atoms with E-state index in [0.29, 0.717) is 0 Å². The number of nitrogens with zero attached hydrogens (tertiary/aromatic N) is 1. The molecular weight excluding hydrogens is 136 g/mol. The van der Waals surface area contributed by atoms with E-state index < -0.39 is 5.97 Å². The van der Waals surface area contributed by atoms with E-state index in [4.69, 9.17) is 5.73 Å². The fraction of sp³-hybridized carbons (Fsp3) is 0.200. The van der Waals surface area contributed by atoms with E-state index in [9.17, 15) is 4.79 Å². The van der Waals surface area contributed by atoms with Gasteiger partial charge in [-0.2, -0.15) is 0 Å². The van der Waals surface area contributed by atoms with Gasteiger partial charge in [0.2, 0.25) is 0 Å². The van der Waals surface area contributed by atoms with Crippen molar-refractivity contribution in [1.29, 1.82) is 0 Å². The Morgan fingerprint density at radius 2 is 2.60 bits per heavy atom. The van der Waals surface area contributed by atoms with Crippen LogP contribution in [0.2, 0.25) is 0 Å². The van der Waals surface area contributed by atoms with Crippen LogP contribution in [-0.2, 0) is 4.79 Å². The summed E-state index contributed by atoms with van der Waals surface area (Å²) in [6, 6.07) is 1.32. The van der Waals surface area contributed by atoms with Crippen LogP contribution in [0.4, 0.5) is 5.82 Å². The number of ether oxygens (including phenoxy) is 1. The summed E-state index contributed by atoms with van der Waals surface area (Å²) in [5, 5.41) is 3.30. The van der Waals surface area contributed by atoms with Gasteiger partial charge in [-0.05, 0) is 0 Å². The largest absolute Gasteiger partial charge is 0.391 e. The Hall–Kier alpha value is -1.52. The third-order valence-electron chi connectivity index (χ3n) is 0.751. The van der Waals surface area contributed by atoms with Gasteiger partial charge < -0.3 is 15.0 Å². The number of rotatable bonds is 1. The van der Waals surface area contributed by atoms with Gasteiger partial charge in [-0.3, -0.25) is 4.79 Å². The summed E-state index contributed by atoms with van der Waals surface area (Å²) in [7, 11) is 0. The quantitative estimate of drug-likeness (QED) is 0.566. The maximum absolute atomic E-state index is 10.3. The van der Waals surface area contributed by atoms with Crippen molar-refractivity contribution in [2.24, 2.45) is 0 Å². The second-order valence-corrected chi connectivity index (χ2v) is 1.66. The Bertz CT molecular complexity index is 243. The van der Waals surface area contributed by atoms with Gasteiger partial charge in [0.1, 0.15) is 0 Å². The minimum atomic E-state index is -0.462. The van der Waals surface area contributed by atoms with Crippen LogP contribution in [0.3, 0.4) is 0 Å². The molecule has 0 unspecified atom stereocenters. The summed E-state index contributed by atoms with van der Waals surface area (Å²) < 4.78 is 8.94. The van der Waals surface area contributed by atoms with Gasteiger partial charge in [0.15, 0.2) is 5.82 Å². The van der Waals surface area contributed by atoms with Crippen LogP contribution in [0.15, 0.2) is 10.6 Å². The van der Waals surface area contributed by atoms with E-state index >= 15 is 0 Å². The molecule has 0 radical (unpaired) electrons. The molecule has 0 aliphatic carbocycles. The number of hydrogen-bond acceptors (Lipinski definition) is 5. The Balaban J connectivity index is 2.67. The van der Waals surface area contributed by atoms with Gasteiger partial charge in [0.05, 0.1) is 6.07 Å². The first kappa shape index (κ1) is 6.60. The summed E-state index contributed by atoms with van der Waals surface area (Å²) in [6.07, 6.45) is 0. The average molecular weight is 142 g/mol. The van der Waals surface area contributed by atoms with Crippen molar-refractivity contribution in [3.05, 3.63) is 6.07 Å². The maximum Gasteiger partial charge on any atom is 0.321 e. The summed E-state index contributed by atoms with van der Waals surface area (Å²) >= 11 is 0. The molecule has 0 saturated carbocycles. The lowest BCUT2D eigenvalue weighted by Gasteiger charge is -1.89. The van der Waals surface area contributed by atoms with E-state index in [2.05, 4.69) is 14.4 Å². The molecular formula is C5H6N2O3. The second-order valence-electron chi connectivity index (χ2n) is 1.66. The fourth-order valence-electron chi connectivity index (χ4n) is 0.461. The third kappa shape index (κ3) is 1.48. The first-order valence-corrected chi connectivity index (χ1v) is 2.59. The molecule has 1 aromatic heterocycles. The summed E-state index contributed by atoms with van der Waals surface area (Å²) in [6.45, 7) is 1.26. The van der Waals surface area contributed by atoms with Crippen LogP contribution in [0.1, 0.15) is 6.92 Å². The first-order chi connectivity index (χ1) is 4.68. The van der Waals surface area contributed by atoms with Crippen molar-refractivity contribution < 1.29 is 14.1 Å². The lowest BCUT2D eigenvalue weighted by atomic mass is 10.6. The van der Waals surface area contributed by atoms with Gasteiger partial charge in [-0.1, -0.05) is 5.16 Å². The third-order valence-corrected chi connectivity index (χ3v) is 0.751. The first-order valence-electron chi connectivity index (χ1n) is 2.59. The Morgan fingerprint density at radius 1 is 1.90 bits per heavy atom. The van der Waals surface area contributed by atoms with E-state index in [1.807, 2.05) is 0 Å². The lowest BCUT2D eigenvalue weighted by molar-refractivity contribution is -0.133. The van der Waals surface area contributed by atoms with Gasteiger partial charge in [-0.15, -0.1) is 0 Å². The van der Waals surface area contributed by atoms with Crippen molar-refractivity contribution in [1.82, 2.24) is 5.16 Å². The van der Waals surface area contributed by atoms with Crippen molar-refractivity contribution in [3.8, 4) is 5.95 Å². The summed E-state index contributed by atoms with van der Waals surface area (Å²) in [5.41, 5.74) is 5.16. The lowest BCUT2D eigenvalue weighted by Crippen LogP contribution is -1.99. The molecule has 0 amide bonds. The zero-order valence-electron chi connectivity index (χ0n) is 5.33. The molecule has 0 bridgehead atoms. The highest BCUT2D eigenvalue weighted by Crippen LogP contribution is 2.12. The smallest absolute Gasteiger partial charge is 0.321 e. The predicted molar refractivity (Wildman–Crippen MR) is 32.2 cm³/mol. The van der Waals surface area contributed by atoms with Crippen molar-refractivity contribution in [2.45, 2.75) is 6.92 Å². The number of esters is 1. The molecule has 0 atom stereocenters. The van der Waals surface area contributed by atoms with Crippen LogP contribution in [0.5, 0.6) is 5.95 Å². The molecule has 10 heavy (non-hydrogen) atoms. The minimum absolute atomic E-state index is 0.0185. The number of nitrogens with two attached hydrogens (primary N) is 1. The normalized spacial score (nSPS) is 9.30. The monoisotopic (exact) mass is 142 g/mol. The summed E-state index contributed by atoms with van der Waals surface area (Å²) in [4.78, 5) is 10.3. The van der Waals surface area contributed by atoms with E-state index in [1.165, 1.54) is 13.0 Å². The molecule has 0 aliphatic heterocycles. The maximum atomic E-state index is 10.3. The van der Waals surface area contributed by atoms with E-state index in [1.54, 1.807) is 0 Å². The van der Waals surface area contributed by atoms with E-state index in [-0.39, 0.29) is 11.8 Å². The molecule has 1 aromatic rings.